The fourth-order valence-corrected chi connectivity index (χ4v) is 1.68. The summed E-state index contributed by atoms with van der Waals surface area (Å²) in [5.41, 5.74) is 7.57. The van der Waals surface area contributed by atoms with Crippen molar-refractivity contribution in [3.63, 3.8) is 0 Å². The van der Waals surface area contributed by atoms with Crippen molar-refractivity contribution in [2.45, 2.75) is 25.8 Å². The van der Waals surface area contributed by atoms with Gasteiger partial charge in [0.05, 0.1) is 5.56 Å². The lowest BCUT2D eigenvalue weighted by molar-refractivity contribution is 0.0950. The molecule has 4 nitrogen and oxygen atoms in total. The average Bonchev–Trinajstić information content (AvgIpc) is 2.98. The summed E-state index contributed by atoms with van der Waals surface area (Å²) in [5.74, 6) is 0.586. The molecule has 1 aliphatic carbocycles. The number of aromatic amines is 1. The highest BCUT2D eigenvalue weighted by Crippen LogP contribution is 2.31. The average molecular weight is 244 g/mol. The summed E-state index contributed by atoms with van der Waals surface area (Å²) in [6, 6.07) is 0.119. The van der Waals surface area contributed by atoms with E-state index in [2.05, 4.69) is 10.3 Å². The minimum absolute atomic E-state index is 0. The van der Waals surface area contributed by atoms with E-state index in [1.807, 2.05) is 13.1 Å². The van der Waals surface area contributed by atoms with Gasteiger partial charge in [-0.1, -0.05) is 0 Å². The van der Waals surface area contributed by atoms with Crippen molar-refractivity contribution >= 4 is 18.3 Å². The van der Waals surface area contributed by atoms with Crippen LogP contribution in [0.25, 0.3) is 0 Å². The Balaban J connectivity index is 0.00000128. The van der Waals surface area contributed by atoms with Crippen LogP contribution in [0, 0.1) is 12.8 Å². The molecule has 0 bridgehead atoms. The third-order valence-corrected chi connectivity index (χ3v) is 2.92. The predicted molar refractivity (Wildman–Crippen MR) is 65.8 cm³/mol. The standard InChI is InChI=1S/C11H17N3O.ClH/c1-7-4-13-5-9(7)11(15)14-6-10(12)8-2-3-8;/h4-5,8,10,13H,2-3,6,12H2,1H3,(H,14,15);1H. The maximum Gasteiger partial charge on any atom is 0.253 e. The van der Waals surface area contributed by atoms with E-state index in [0.717, 1.165) is 5.56 Å². The lowest BCUT2D eigenvalue weighted by atomic mass is 10.2. The summed E-state index contributed by atoms with van der Waals surface area (Å²) >= 11 is 0. The van der Waals surface area contributed by atoms with Crippen molar-refractivity contribution in [2.24, 2.45) is 11.7 Å². The Hall–Kier alpha value is -1.00. The molecule has 1 atom stereocenters. The second-order valence-electron chi connectivity index (χ2n) is 4.26. The molecule has 1 heterocycles. The molecule has 0 radical (unpaired) electrons. The van der Waals surface area contributed by atoms with Crippen LogP contribution in [0.5, 0.6) is 0 Å². The third kappa shape index (κ3) is 3.00. The number of carbonyl (C=O) groups is 1. The van der Waals surface area contributed by atoms with Gasteiger partial charge >= 0.3 is 0 Å². The molecule has 16 heavy (non-hydrogen) atoms. The number of aryl methyl sites for hydroxylation is 1. The molecule has 1 amide bonds. The van der Waals surface area contributed by atoms with Crippen LogP contribution in [0.1, 0.15) is 28.8 Å². The highest BCUT2D eigenvalue weighted by Gasteiger charge is 2.28. The number of rotatable bonds is 4. The van der Waals surface area contributed by atoms with Crippen molar-refractivity contribution in [1.29, 1.82) is 0 Å². The van der Waals surface area contributed by atoms with E-state index in [4.69, 9.17) is 5.73 Å². The third-order valence-electron chi connectivity index (χ3n) is 2.92. The van der Waals surface area contributed by atoms with Crippen LogP contribution in [0.3, 0.4) is 0 Å². The zero-order chi connectivity index (χ0) is 10.8. The Labute approximate surface area is 101 Å². The SMILES string of the molecule is Cc1c[nH]cc1C(=O)NCC(N)C1CC1.Cl. The molecule has 4 N–H and O–H groups in total. The van der Waals surface area contributed by atoms with Gasteiger partial charge in [-0.15, -0.1) is 12.4 Å². The molecule has 1 aliphatic rings. The fraction of sp³-hybridized carbons (Fsp3) is 0.545. The first-order valence-corrected chi connectivity index (χ1v) is 5.35. The largest absolute Gasteiger partial charge is 0.367 e. The Morgan fingerprint density at radius 2 is 2.31 bits per heavy atom. The van der Waals surface area contributed by atoms with Gasteiger partial charge in [-0.05, 0) is 31.2 Å². The van der Waals surface area contributed by atoms with E-state index in [-0.39, 0.29) is 24.4 Å². The number of aromatic nitrogens is 1. The zero-order valence-electron chi connectivity index (χ0n) is 9.32. The first-order valence-electron chi connectivity index (χ1n) is 5.35. The van der Waals surface area contributed by atoms with Crippen LogP contribution in [0.2, 0.25) is 0 Å². The lowest BCUT2D eigenvalue weighted by Gasteiger charge is -2.11. The molecule has 5 heteroatoms. The van der Waals surface area contributed by atoms with Crippen molar-refractivity contribution in [3.8, 4) is 0 Å². The molecule has 1 aromatic heterocycles. The number of nitrogens with two attached hydrogens (primary N) is 1. The number of amides is 1. The first-order chi connectivity index (χ1) is 7.18. The van der Waals surface area contributed by atoms with E-state index in [1.165, 1.54) is 12.8 Å². The van der Waals surface area contributed by atoms with Gasteiger partial charge in [-0.3, -0.25) is 4.79 Å². The molecule has 0 spiro atoms. The molecule has 0 saturated heterocycles. The van der Waals surface area contributed by atoms with Gasteiger partial charge in [-0.2, -0.15) is 0 Å². The van der Waals surface area contributed by atoms with Crippen LogP contribution >= 0.6 is 12.4 Å². The summed E-state index contributed by atoms with van der Waals surface area (Å²) in [7, 11) is 0. The van der Waals surface area contributed by atoms with Crippen LogP contribution < -0.4 is 11.1 Å². The summed E-state index contributed by atoms with van der Waals surface area (Å²) in [6.45, 7) is 2.49. The normalized spacial score (nSPS) is 16.4. The minimum Gasteiger partial charge on any atom is -0.367 e. The lowest BCUT2D eigenvalue weighted by Crippen LogP contribution is -2.38. The maximum absolute atomic E-state index is 11.7. The van der Waals surface area contributed by atoms with E-state index < -0.39 is 0 Å². The number of H-pyrrole nitrogens is 1. The predicted octanol–water partition coefficient (Wildman–Crippen LogP) is 1.21. The van der Waals surface area contributed by atoms with Crippen molar-refractivity contribution in [1.82, 2.24) is 10.3 Å². The summed E-state index contributed by atoms with van der Waals surface area (Å²) in [5, 5.41) is 2.86. The molecule has 1 saturated carbocycles. The number of nitrogens with one attached hydrogen (secondary N) is 2. The Kier molecular flexibility index (Phi) is 4.38. The number of carbonyl (C=O) groups excluding carboxylic acids is 1. The smallest absolute Gasteiger partial charge is 0.253 e. The zero-order valence-corrected chi connectivity index (χ0v) is 10.1. The number of halogens is 1. The maximum atomic E-state index is 11.7. The molecular formula is C11H18ClN3O. The van der Waals surface area contributed by atoms with E-state index in [9.17, 15) is 4.79 Å². The quantitative estimate of drug-likeness (QED) is 0.744. The monoisotopic (exact) mass is 243 g/mol. The molecule has 2 rings (SSSR count). The minimum atomic E-state index is -0.0372. The summed E-state index contributed by atoms with van der Waals surface area (Å²) in [6.07, 6.45) is 5.95. The molecular weight excluding hydrogens is 226 g/mol. The van der Waals surface area contributed by atoms with Crippen molar-refractivity contribution < 1.29 is 4.79 Å². The van der Waals surface area contributed by atoms with Gasteiger partial charge in [0, 0.05) is 25.0 Å². The van der Waals surface area contributed by atoms with Gasteiger partial charge in [0.2, 0.25) is 0 Å². The summed E-state index contributed by atoms with van der Waals surface area (Å²) < 4.78 is 0. The molecule has 0 aliphatic heterocycles. The molecule has 90 valence electrons. The topological polar surface area (TPSA) is 70.9 Å². The van der Waals surface area contributed by atoms with Gasteiger partial charge in [-0.25, -0.2) is 0 Å². The van der Waals surface area contributed by atoms with Crippen LogP contribution in [-0.2, 0) is 0 Å². The molecule has 1 fully saturated rings. The van der Waals surface area contributed by atoms with Crippen molar-refractivity contribution in [2.75, 3.05) is 6.54 Å². The number of hydrogen-bond donors (Lipinski definition) is 3. The second-order valence-corrected chi connectivity index (χ2v) is 4.26. The van der Waals surface area contributed by atoms with Gasteiger partial charge in [0.1, 0.15) is 0 Å². The highest BCUT2D eigenvalue weighted by molar-refractivity contribution is 5.95. The molecule has 0 aromatic carbocycles. The van der Waals surface area contributed by atoms with E-state index >= 15 is 0 Å². The van der Waals surface area contributed by atoms with E-state index in [0.29, 0.717) is 18.0 Å². The Bertz CT molecular complexity index is 360. The summed E-state index contributed by atoms with van der Waals surface area (Å²) in [4.78, 5) is 14.6. The molecule has 1 unspecified atom stereocenters. The second kappa shape index (κ2) is 5.37. The van der Waals surface area contributed by atoms with Gasteiger partial charge in [0.15, 0.2) is 0 Å². The van der Waals surface area contributed by atoms with E-state index in [1.54, 1.807) is 6.20 Å². The van der Waals surface area contributed by atoms with Crippen LogP contribution in [0.4, 0.5) is 0 Å². The Morgan fingerprint density at radius 3 is 2.81 bits per heavy atom. The van der Waals surface area contributed by atoms with Crippen LogP contribution in [0.15, 0.2) is 12.4 Å². The number of hydrogen-bond acceptors (Lipinski definition) is 2. The van der Waals surface area contributed by atoms with Crippen molar-refractivity contribution in [3.05, 3.63) is 23.5 Å². The highest BCUT2D eigenvalue weighted by atomic mass is 35.5. The fourth-order valence-electron chi connectivity index (χ4n) is 1.68. The van der Waals surface area contributed by atoms with Gasteiger partial charge in [0.25, 0.3) is 5.91 Å². The molecule has 1 aromatic rings. The Morgan fingerprint density at radius 1 is 1.62 bits per heavy atom. The van der Waals surface area contributed by atoms with Crippen LogP contribution in [-0.4, -0.2) is 23.5 Å². The van der Waals surface area contributed by atoms with Gasteiger partial charge < -0.3 is 16.0 Å². The first kappa shape index (κ1) is 13.1.